The molecular formula is C9H12S. The molecule has 0 amide bonds. The van der Waals surface area contributed by atoms with Crippen molar-refractivity contribution in [3.05, 3.63) is 21.9 Å². The minimum Gasteiger partial charge on any atom is -0.148 e. The summed E-state index contributed by atoms with van der Waals surface area (Å²) in [5.41, 5.74) is 1.61. The van der Waals surface area contributed by atoms with Crippen molar-refractivity contribution < 1.29 is 0 Å². The first-order valence-corrected chi connectivity index (χ1v) is 4.74. The monoisotopic (exact) mass is 152 g/mol. The molecule has 0 fully saturated rings. The zero-order valence-corrected chi connectivity index (χ0v) is 7.24. The quantitative estimate of drug-likeness (QED) is 0.534. The predicted octanol–water partition coefficient (Wildman–Crippen LogP) is 3.36. The Bertz CT molecular complexity index is 214. The van der Waals surface area contributed by atoms with Gasteiger partial charge in [0.2, 0.25) is 0 Å². The molecule has 1 heteroatoms. The van der Waals surface area contributed by atoms with E-state index in [1.165, 1.54) is 6.42 Å². The van der Waals surface area contributed by atoms with Crippen LogP contribution < -0.4 is 0 Å². The molecule has 1 aromatic rings. The number of rotatable bonds is 0. The summed E-state index contributed by atoms with van der Waals surface area (Å²) in [5.74, 6) is 1.64. The van der Waals surface area contributed by atoms with Crippen LogP contribution in [0, 0.1) is 0 Å². The molecule has 0 saturated carbocycles. The van der Waals surface area contributed by atoms with E-state index in [9.17, 15) is 0 Å². The topological polar surface area (TPSA) is 0 Å². The molecule has 2 unspecified atom stereocenters. The van der Waals surface area contributed by atoms with Crippen molar-refractivity contribution in [2.24, 2.45) is 0 Å². The number of fused-ring (bicyclic) bond motifs is 1. The van der Waals surface area contributed by atoms with E-state index >= 15 is 0 Å². The van der Waals surface area contributed by atoms with Gasteiger partial charge < -0.3 is 0 Å². The SMILES string of the molecule is CC1CC(C)c2sccc21. The highest BCUT2D eigenvalue weighted by molar-refractivity contribution is 7.10. The maximum Gasteiger partial charge on any atom is 0.0108 e. The van der Waals surface area contributed by atoms with Crippen LogP contribution in [0.5, 0.6) is 0 Å². The first-order chi connectivity index (χ1) is 4.79. The van der Waals surface area contributed by atoms with E-state index in [4.69, 9.17) is 0 Å². The van der Waals surface area contributed by atoms with Crippen LogP contribution in [-0.2, 0) is 0 Å². The van der Waals surface area contributed by atoms with E-state index in [0.717, 1.165) is 11.8 Å². The number of hydrogen-bond acceptors (Lipinski definition) is 1. The summed E-state index contributed by atoms with van der Waals surface area (Å²) >= 11 is 1.92. The third-order valence-corrected chi connectivity index (χ3v) is 3.58. The van der Waals surface area contributed by atoms with E-state index in [2.05, 4.69) is 25.3 Å². The summed E-state index contributed by atoms with van der Waals surface area (Å²) in [6.07, 6.45) is 1.36. The second kappa shape index (κ2) is 2.09. The zero-order valence-electron chi connectivity index (χ0n) is 6.42. The van der Waals surface area contributed by atoms with Crippen LogP contribution in [0.25, 0.3) is 0 Å². The largest absolute Gasteiger partial charge is 0.148 e. The highest BCUT2D eigenvalue weighted by Gasteiger charge is 2.25. The fraction of sp³-hybridized carbons (Fsp3) is 0.556. The molecule has 0 bridgehead atoms. The van der Waals surface area contributed by atoms with Crippen molar-refractivity contribution in [1.29, 1.82) is 0 Å². The molecule has 1 aliphatic carbocycles. The fourth-order valence-electron chi connectivity index (χ4n) is 1.90. The van der Waals surface area contributed by atoms with Gasteiger partial charge in [-0.15, -0.1) is 11.3 Å². The van der Waals surface area contributed by atoms with E-state index in [1.54, 1.807) is 10.4 Å². The van der Waals surface area contributed by atoms with E-state index in [1.807, 2.05) is 11.3 Å². The second-order valence-electron chi connectivity index (χ2n) is 3.28. The van der Waals surface area contributed by atoms with Gasteiger partial charge in [-0.2, -0.15) is 0 Å². The van der Waals surface area contributed by atoms with Crippen LogP contribution >= 0.6 is 11.3 Å². The molecule has 0 nitrogen and oxygen atoms in total. The Kier molecular flexibility index (Phi) is 1.34. The lowest BCUT2D eigenvalue weighted by molar-refractivity contribution is 0.663. The average molecular weight is 152 g/mol. The van der Waals surface area contributed by atoms with Crippen LogP contribution in [0.4, 0.5) is 0 Å². The molecule has 0 N–H and O–H groups in total. The van der Waals surface area contributed by atoms with Crippen molar-refractivity contribution in [1.82, 2.24) is 0 Å². The normalized spacial score (nSPS) is 30.6. The molecule has 2 atom stereocenters. The maximum absolute atomic E-state index is 2.33. The summed E-state index contributed by atoms with van der Waals surface area (Å²) in [6, 6.07) is 2.29. The maximum atomic E-state index is 2.33. The lowest BCUT2D eigenvalue weighted by Gasteiger charge is -1.99. The van der Waals surface area contributed by atoms with Crippen LogP contribution in [0.15, 0.2) is 11.4 Å². The Morgan fingerprint density at radius 2 is 2.20 bits per heavy atom. The van der Waals surface area contributed by atoms with E-state index < -0.39 is 0 Å². The molecule has 1 heterocycles. The summed E-state index contributed by atoms with van der Waals surface area (Å²) < 4.78 is 0. The number of hydrogen-bond donors (Lipinski definition) is 0. The van der Waals surface area contributed by atoms with Gasteiger partial charge in [-0.3, -0.25) is 0 Å². The van der Waals surface area contributed by atoms with Crippen LogP contribution in [0.3, 0.4) is 0 Å². The molecule has 1 aromatic heterocycles. The lowest BCUT2D eigenvalue weighted by atomic mass is 10.1. The third kappa shape index (κ3) is 0.734. The minimum absolute atomic E-state index is 0.816. The highest BCUT2D eigenvalue weighted by atomic mass is 32.1. The first kappa shape index (κ1) is 6.41. The fourth-order valence-corrected chi connectivity index (χ4v) is 3.00. The smallest absolute Gasteiger partial charge is 0.0108 e. The average Bonchev–Trinajstić information content (AvgIpc) is 2.39. The Morgan fingerprint density at radius 3 is 2.90 bits per heavy atom. The summed E-state index contributed by atoms with van der Waals surface area (Å²) in [7, 11) is 0. The van der Waals surface area contributed by atoms with Crippen LogP contribution in [-0.4, -0.2) is 0 Å². The van der Waals surface area contributed by atoms with Crippen molar-refractivity contribution in [2.75, 3.05) is 0 Å². The predicted molar refractivity (Wildman–Crippen MR) is 45.8 cm³/mol. The zero-order chi connectivity index (χ0) is 7.14. The van der Waals surface area contributed by atoms with Crippen molar-refractivity contribution in [2.45, 2.75) is 32.1 Å². The summed E-state index contributed by atoms with van der Waals surface area (Å²) in [6.45, 7) is 4.66. The molecule has 0 spiro atoms. The van der Waals surface area contributed by atoms with Gasteiger partial charge >= 0.3 is 0 Å². The first-order valence-electron chi connectivity index (χ1n) is 3.86. The van der Waals surface area contributed by atoms with Gasteiger partial charge in [0.15, 0.2) is 0 Å². The van der Waals surface area contributed by atoms with Crippen molar-refractivity contribution >= 4 is 11.3 Å². The van der Waals surface area contributed by atoms with Gasteiger partial charge in [-0.05, 0) is 35.3 Å². The minimum atomic E-state index is 0.816. The molecule has 1 aliphatic rings. The Labute approximate surface area is 65.9 Å². The van der Waals surface area contributed by atoms with E-state index in [0.29, 0.717) is 0 Å². The van der Waals surface area contributed by atoms with Gasteiger partial charge in [0.1, 0.15) is 0 Å². The third-order valence-electron chi connectivity index (χ3n) is 2.41. The molecule has 10 heavy (non-hydrogen) atoms. The Hall–Kier alpha value is -0.300. The Morgan fingerprint density at radius 1 is 1.40 bits per heavy atom. The van der Waals surface area contributed by atoms with Gasteiger partial charge in [0.05, 0.1) is 0 Å². The van der Waals surface area contributed by atoms with Gasteiger partial charge in [-0.25, -0.2) is 0 Å². The second-order valence-corrected chi connectivity index (χ2v) is 4.23. The molecule has 0 aromatic carbocycles. The molecule has 0 radical (unpaired) electrons. The molecule has 2 rings (SSSR count). The van der Waals surface area contributed by atoms with E-state index in [-0.39, 0.29) is 0 Å². The van der Waals surface area contributed by atoms with Gasteiger partial charge in [0, 0.05) is 4.88 Å². The van der Waals surface area contributed by atoms with Crippen molar-refractivity contribution in [3.8, 4) is 0 Å². The lowest BCUT2D eigenvalue weighted by Crippen LogP contribution is -1.83. The molecule has 0 aliphatic heterocycles. The van der Waals surface area contributed by atoms with Crippen LogP contribution in [0.1, 0.15) is 42.5 Å². The number of thiophene rings is 1. The molecule has 0 saturated heterocycles. The summed E-state index contributed by atoms with van der Waals surface area (Å²) in [5, 5.41) is 2.22. The van der Waals surface area contributed by atoms with Gasteiger partial charge in [0.25, 0.3) is 0 Å². The summed E-state index contributed by atoms with van der Waals surface area (Å²) in [4.78, 5) is 1.63. The molecule has 54 valence electrons. The highest BCUT2D eigenvalue weighted by Crippen LogP contribution is 2.43. The van der Waals surface area contributed by atoms with Crippen molar-refractivity contribution in [3.63, 3.8) is 0 Å². The van der Waals surface area contributed by atoms with Gasteiger partial charge in [-0.1, -0.05) is 13.8 Å². The van der Waals surface area contributed by atoms with Crippen LogP contribution in [0.2, 0.25) is 0 Å². The standard InChI is InChI=1S/C9H12S/c1-6-5-7(2)9-8(6)3-4-10-9/h3-4,6-7H,5H2,1-2H3. The Balaban J connectivity index is 2.48. The molecular weight excluding hydrogens is 140 g/mol.